The van der Waals surface area contributed by atoms with Gasteiger partial charge in [-0.25, -0.2) is 13.1 Å². The van der Waals surface area contributed by atoms with Gasteiger partial charge in [-0.15, -0.1) is 0 Å². The van der Waals surface area contributed by atoms with Crippen molar-refractivity contribution in [3.05, 3.63) is 24.3 Å². The summed E-state index contributed by atoms with van der Waals surface area (Å²) < 4.78 is 25.4. The second kappa shape index (κ2) is 7.02. The lowest BCUT2D eigenvalue weighted by Crippen LogP contribution is -2.18. The van der Waals surface area contributed by atoms with Crippen LogP contribution < -0.4 is 15.4 Å². The van der Waals surface area contributed by atoms with E-state index in [2.05, 4.69) is 15.4 Å². The number of carbonyl (C=O) groups is 1. The van der Waals surface area contributed by atoms with Crippen molar-refractivity contribution < 1.29 is 13.2 Å². The summed E-state index contributed by atoms with van der Waals surface area (Å²) in [5.74, 6) is 0.546. The molecule has 0 aliphatic carbocycles. The first-order valence-corrected chi connectivity index (χ1v) is 8.54. The Morgan fingerprint density at radius 1 is 1.33 bits per heavy atom. The normalized spacial score (nSPS) is 18.6. The van der Waals surface area contributed by atoms with Gasteiger partial charge in [-0.1, -0.05) is 0 Å². The number of rotatable bonds is 6. The van der Waals surface area contributed by atoms with Crippen molar-refractivity contribution in [2.24, 2.45) is 5.92 Å². The number of benzene rings is 1. The van der Waals surface area contributed by atoms with E-state index in [-0.39, 0.29) is 10.8 Å². The topological polar surface area (TPSA) is 87.3 Å². The predicted octanol–water partition coefficient (Wildman–Crippen LogP) is 0.923. The molecule has 1 atom stereocenters. The van der Waals surface area contributed by atoms with Crippen LogP contribution in [0.15, 0.2) is 29.2 Å². The maximum absolute atomic E-state index is 11.8. The zero-order chi connectivity index (χ0) is 15.3. The van der Waals surface area contributed by atoms with E-state index in [0.29, 0.717) is 18.0 Å². The van der Waals surface area contributed by atoms with E-state index in [1.807, 2.05) is 0 Å². The molecule has 0 saturated carbocycles. The molecule has 1 aliphatic rings. The Balaban J connectivity index is 1.86. The van der Waals surface area contributed by atoms with Crippen LogP contribution in [0.5, 0.6) is 0 Å². The molecular weight excluding hydrogens is 290 g/mol. The fourth-order valence-corrected chi connectivity index (χ4v) is 3.08. The van der Waals surface area contributed by atoms with Gasteiger partial charge in [0.05, 0.1) is 4.90 Å². The molecule has 1 unspecified atom stereocenters. The molecule has 6 nitrogen and oxygen atoms in total. The number of hydrogen-bond donors (Lipinski definition) is 3. The summed E-state index contributed by atoms with van der Waals surface area (Å²) in [6.45, 7) is 2.03. The number of hydrogen-bond acceptors (Lipinski definition) is 4. The molecule has 1 aromatic carbocycles. The summed E-state index contributed by atoms with van der Waals surface area (Å²) in [4.78, 5) is 12.0. The molecule has 21 heavy (non-hydrogen) atoms. The van der Waals surface area contributed by atoms with Crippen molar-refractivity contribution in [1.29, 1.82) is 0 Å². The van der Waals surface area contributed by atoms with Crippen molar-refractivity contribution in [2.75, 3.05) is 25.5 Å². The van der Waals surface area contributed by atoms with Crippen molar-refractivity contribution in [3.8, 4) is 0 Å². The van der Waals surface area contributed by atoms with E-state index in [1.54, 1.807) is 12.1 Å². The Hall–Kier alpha value is -1.44. The van der Waals surface area contributed by atoms with Gasteiger partial charge in [0.1, 0.15) is 0 Å². The number of sulfonamides is 1. The lowest BCUT2D eigenvalue weighted by Gasteiger charge is -2.09. The van der Waals surface area contributed by atoms with Gasteiger partial charge in [0.2, 0.25) is 15.9 Å². The molecule has 2 rings (SSSR count). The van der Waals surface area contributed by atoms with E-state index >= 15 is 0 Å². The number of amides is 1. The highest BCUT2D eigenvalue weighted by Gasteiger charge is 2.16. The number of carbonyl (C=O) groups excluding carboxylic acids is 1. The van der Waals surface area contributed by atoms with Gasteiger partial charge in [-0.2, -0.15) is 0 Å². The predicted molar refractivity (Wildman–Crippen MR) is 81.5 cm³/mol. The highest BCUT2D eigenvalue weighted by molar-refractivity contribution is 7.89. The lowest BCUT2D eigenvalue weighted by atomic mass is 10.0. The van der Waals surface area contributed by atoms with Crippen LogP contribution in [0.4, 0.5) is 5.69 Å². The fraction of sp³-hybridized carbons (Fsp3) is 0.500. The van der Waals surface area contributed by atoms with Gasteiger partial charge < -0.3 is 10.6 Å². The van der Waals surface area contributed by atoms with Crippen molar-refractivity contribution in [2.45, 2.75) is 24.2 Å². The molecule has 7 heteroatoms. The minimum atomic E-state index is -3.43. The third kappa shape index (κ3) is 4.52. The molecule has 3 N–H and O–H groups in total. The summed E-state index contributed by atoms with van der Waals surface area (Å²) in [7, 11) is -2.07. The molecule has 0 bridgehead atoms. The zero-order valence-electron chi connectivity index (χ0n) is 12.1. The van der Waals surface area contributed by atoms with Crippen LogP contribution in [-0.4, -0.2) is 34.5 Å². The first-order chi connectivity index (χ1) is 10.0. The van der Waals surface area contributed by atoms with Crippen LogP contribution in [0.2, 0.25) is 0 Å². The highest BCUT2D eigenvalue weighted by Crippen LogP contribution is 2.17. The van der Waals surface area contributed by atoms with Gasteiger partial charge in [-0.3, -0.25) is 4.79 Å². The second-order valence-corrected chi connectivity index (χ2v) is 7.06. The van der Waals surface area contributed by atoms with Crippen LogP contribution in [-0.2, 0) is 14.8 Å². The molecule has 0 spiro atoms. The number of anilines is 1. The Morgan fingerprint density at radius 3 is 2.62 bits per heavy atom. The first-order valence-electron chi connectivity index (χ1n) is 7.05. The van der Waals surface area contributed by atoms with Crippen LogP contribution in [0.25, 0.3) is 0 Å². The Bertz CT molecular complexity index is 578. The molecule has 116 valence electrons. The van der Waals surface area contributed by atoms with E-state index in [4.69, 9.17) is 0 Å². The summed E-state index contributed by atoms with van der Waals surface area (Å²) in [5, 5.41) is 6.07. The average molecular weight is 311 g/mol. The second-order valence-electron chi connectivity index (χ2n) is 5.18. The monoisotopic (exact) mass is 311 g/mol. The number of nitrogens with one attached hydrogen (secondary N) is 3. The van der Waals surface area contributed by atoms with Crippen LogP contribution in [0.1, 0.15) is 19.3 Å². The molecule has 1 aromatic rings. The van der Waals surface area contributed by atoms with Gasteiger partial charge in [0, 0.05) is 12.1 Å². The van der Waals surface area contributed by atoms with E-state index < -0.39 is 10.0 Å². The maximum Gasteiger partial charge on any atom is 0.240 e. The first kappa shape index (κ1) is 15.9. The van der Waals surface area contributed by atoms with Crippen LogP contribution >= 0.6 is 0 Å². The third-order valence-corrected chi connectivity index (χ3v) is 5.09. The molecule has 1 heterocycles. The summed E-state index contributed by atoms with van der Waals surface area (Å²) in [5.41, 5.74) is 0.611. The molecular formula is C14H21N3O3S. The summed E-state index contributed by atoms with van der Waals surface area (Å²) >= 11 is 0. The Kier molecular flexibility index (Phi) is 5.33. The molecule has 1 saturated heterocycles. The van der Waals surface area contributed by atoms with Crippen molar-refractivity contribution in [3.63, 3.8) is 0 Å². The Morgan fingerprint density at radius 2 is 2.05 bits per heavy atom. The summed E-state index contributed by atoms with van der Waals surface area (Å²) in [6.07, 6.45) is 2.50. The highest BCUT2D eigenvalue weighted by atomic mass is 32.2. The molecule has 1 aliphatic heterocycles. The molecule has 1 amide bonds. The smallest absolute Gasteiger partial charge is 0.240 e. The van der Waals surface area contributed by atoms with E-state index in [1.165, 1.54) is 19.2 Å². The fourth-order valence-electron chi connectivity index (χ4n) is 2.35. The molecule has 1 fully saturated rings. The van der Waals surface area contributed by atoms with E-state index in [9.17, 15) is 13.2 Å². The standard InChI is InChI=1S/C14H21N3O3S/c1-15-21(19,20)13-5-3-12(4-6-13)17-14(18)7-2-11-8-9-16-10-11/h3-6,11,15-16H,2,7-10H2,1H3,(H,17,18). The minimum Gasteiger partial charge on any atom is -0.326 e. The lowest BCUT2D eigenvalue weighted by molar-refractivity contribution is -0.116. The minimum absolute atomic E-state index is 0.0360. The summed E-state index contributed by atoms with van der Waals surface area (Å²) in [6, 6.07) is 6.14. The third-order valence-electron chi connectivity index (χ3n) is 3.66. The zero-order valence-corrected chi connectivity index (χ0v) is 12.9. The maximum atomic E-state index is 11.8. The van der Waals surface area contributed by atoms with Gasteiger partial charge >= 0.3 is 0 Å². The van der Waals surface area contributed by atoms with E-state index in [0.717, 1.165) is 25.9 Å². The molecule has 0 aromatic heterocycles. The van der Waals surface area contributed by atoms with Crippen LogP contribution in [0, 0.1) is 5.92 Å². The largest absolute Gasteiger partial charge is 0.326 e. The van der Waals surface area contributed by atoms with Crippen molar-refractivity contribution in [1.82, 2.24) is 10.0 Å². The van der Waals surface area contributed by atoms with Gasteiger partial charge in [-0.05, 0) is 63.2 Å². The average Bonchev–Trinajstić information content (AvgIpc) is 2.99. The van der Waals surface area contributed by atoms with Crippen LogP contribution in [0.3, 0.4) is 0 Å². The quantitative estimate of drug-likeness (QED) is 0.729. The SMILES string of the molecule is CNS(=O)(=O)c1ccc(NC(=O)CCC2CCNC2)cc1. The van der Waals surface area contributed by atoms with Gasteiger partial charge in [0.15, 0.2) is 0 Å². The molecule has 0 radical (unpaired) electrons. The van der Waals surface area contributed by atoms with Crippen molar-refractivity contribution >= 4 is 21.6 Å². The van der Waals surface area contributed by atoms with Gasteiger partial charge in [0.25, 0.3) is 0 Å². The Labute approximate surface area is 125 Å².